The summed E-state index contributed by atoms with van der Waals surface area (Å²) < 4.78 is 1.03. The lowest BCUT2D eigenvalue weighted by molar-refractivity contribution is -0.117. The van der Waals surface area contributed by atoms with Gasteiger partial charge in [-0.3, -0.25) is 9.69 Å². The quantitative estimate of drug-likeness (QED) is 0.885. The molecule has 0 spiro atoms. The van der Waals surface area contributed by atoms with Crippen LogP contribution in [0.15, 0.2) is 22.7 Å². The molecule has 0 radical (unpaired) electrons. The monoisotopic (exact) mass is 339 g/mol. The van der Waals surface area contributed by atoms with E-state index in [1.807, 2.05) is 32.2 Å². The third-order valence-electron chi connectivity index (χ3n) is 3.75. The van der Waals surface area contributed by atoms with E-state index in [9.17, 15) is 4.79 Å². The zero-order valence-corrected chi connectivity index (χ0v) is 13.7. The van der Waals surface area contributed by atoms with Crippen LogP contribution in [-0.2, 0) is 4.79 Å². The fourth-order valence-electron chi connectivity index (χ4n) is 2.52. The van der Waals surface area contributed by atoms with Crippen LogP contribution >= 0.6 is 15.9 Å². The Morgan fingerprint density at radius 3 is 3.00 bits per heavy atom. The maximum absolute atomic E-state index is 12.1. The van der Waals surface area contributed by atoms with Gasteiger partial charge in [-0.05, 0) is 57.1 Å². The Labute approximate surface area is 129 Å². The number of likely N-dealkylation sites (N-methyl/N-ethyl adjacent to an activating group) is 1. The number of piperidine rings is 1. The fourth-order valence-corrected chi connectivity index (χ4v) is 3.00. The summed E-state index contributed by atoms with van der Waals surface area (Å²) >= 11 is 3.43. The number of anilines is 1. The molecule has 0 saturated carbocycles. The van der Waals surface area contributed by atoms with Crippen molar-refractivity contribution in [2.75, 3.05) is 32.0 Å². The van der Waals surface area contributed by atoms with Gasteiger partial charge in [0.2, 0.25) is 5.91 Å². The van der Waals surface area contributed by atoms with E-state index in [1.54, 1.807) is 0 Å². The summed E-state index contributed by atoms with van der Waals surface area (Å²) in [4.78, 5) is 14.3. The second-order valence-electron chi connectivity index (χ2n) is 5.42. The Morgan fingerprint density at radius 1 is 1.55 bits per heavy atom. The summed E-state index contributed by atoms with van der Waals surface area (Å²) in [7, 11) is 2.02. The number of amides is 1. The molecule has 20 heavy (non-hydrogen) atoms. The lowest BCUT2D eigenvalue weighted by Gasteiger charge is -2.31. The van der Waals surface area contributed by atoms with Crippen molar-refractivity contribution < 1.29 is 4.79 Å². The highest BCUT2D eigenvalue weighted by Gasteiger charge is 2.19. The highest BCUT2D eigenvalue weighted by molar-refractivity contribution is 9.10. The Hall–Kier alpha value is -0.910. The van der Waals surface area contributed by atoms with E-state index < -0.39 is 0 Å². The van der Waals surface area contributed by atoms with Crippen molar-refractivity contribution in [2.45, 2.75) is 25.8 Å². The third-order valence-corrected chi connectivity index (χ3v) is 4.24. The molecule has 1 saturated heterocycles. The minimum Gasteiger partial charge on any atom is -0.325 e. The van der Waals surface area contributed by atoms with Crippen LogP contribution in [0.1, 0.15) is 18.4 Å². The molecular formula is C15H22BrN3O. The number of nitrogens with one attached hydrogen (secondary N) is 2. The van der Waals surface area contributed by atoms with Gasteiger partial charge in [-0.1, -0.05) is 15.9 Å². The molecule has 5 heteroatoms. The first-order valence-electron chi connectivity index (χ1n) is 7.03. The molecule has 1 aromatic carbocycles. The molecule has 2 rings (SSSR count). The molecule has 2 N–H and O–H groups in total. The minimum atomic E-state index is 0.0449. The van der Waals surface area contributed by atoms with E-state index in [0.717, 1.165) is 35.2 Å². The zero-order valence-electron chi connectivity index (χ0n) is 12.1. The first-order valence-corrected chi connectivity index (χ1v) is 7.82. The van der Waals surface area contributed by atoms with E-state index in [4.69, 9.17) is 0 Å². The normalized spacial score (nSPS) is 19.1. The Balaban J connectivity index is 1.88. The van der Waals surface area contributed by atoms with Gasteiger partial charge in [-0.2, -0.15) is 0 Å². The summed E-state index contributed by atoms with van der Waals surface area (Å²) in [5, 5.41) is 6.36. The molecule has 1 unspecified atom stereocenters. The van der Waals surface area contributed by atoms with Crippen molar-refractivity contribution in [1.82, 2.24) is 10.2 Å². The van der Waals surface area contributed by atoms with Gasteiger partial charge >= 0.3 is 0 Å². The summed E-state index contributed by atoms with van der Waals surface area (Å²) in [6, 6.07) is 6.34. The maximum atomic E-state index is 12.1. The molecule has 1 fully saturated rings. The summed E-state index contributed by atoms with van der Waals surface area (Å²) in [6.45, 7) is 4.49. The molecule has 0 aliphatic carbocycles. The smallest absolute Gasteiger partial charge is 0.238 e. The molecule has 0 aromatic heterocycles. The number of aryl methyl sites for hydroxylation is 1. The number of rotatable bonds is 4. The maximum Gasteiger partial charge on any atom is 0.238 e. The van der Waals surface area contributed by atoms with Crippen LogP contribution in [-0.4, -0.2) is 43.5 Å². The molecule has 1 heterocycles. The van der Waals surface area contributed by atoms with Crippen LogP contribution in [0.25, 0.3) is 0 Å². The van der Waals surface area contributed by atoms with Gasteiger partial charge < -0.3 is 10.6 Å². The zero-order chi connectivity index (χ0) is 14.5. The molecule has 1 aliphatic heterocycles. The number of carbonyl (C=O) groups excluding carboxylic acids is 1. The molecule has 1 aromatic rings. The average Bonchev–Trinajstić information content (AvgIpc) is 2.43. The lowest BCUT2D eigenvalue weighted by atomic mass is 10.1. The van der Waals surface area contributed by atoms with Gasteiger partial charge in [0.15, 0.2) is 0 Å². The van der Waals surface area contributed by atoms with Crippen LogP contribution < -0.4 is 10.6 Å². The van der Waals surface area contributed by atoms with Crippen molar-refractivity contribution in [3.8, 4) is 0 Å². The van der Waals surface area contributed by atoms with Crippen LogP contribution in [0.3, 0.4) is 0 Å². The fraction of sp³-hybridized carbons (Fsp3) is 0.533. The number of nitrogens with zero attached hydrogens (tertiary/aromatic N) is 1. The summed E-state index contributed by atoms with van der Waals surface area (Å²) in [5.74, 6) is 0.0449. The van der Waals surface area contributed by atoms with E-state index in [-0.39, 0.29) is 5.91 Å². The standard InChI is InChI=1S/C15H22BrN3O/c1-11-8-12(16)5-6-14(11)18-15(20)10-19(2)13-4-3-7-17-9-13/h5-6,8,13,17H,3-4,7,9-10H2,1-2H3,(H,18,20). The van der Waals surface area contributed by atoms with E-state index in [1.165, 1.54) is 6.42 Å². The number of benzene rings is 1. The van der Waals surface area contributed by atoms with Gasteiger partial charge in [0.05, 0.1) is 6.54 Å². The second kappa shape index (κ2) is 7.20. The molecule has 1 atom stereocenters. The van der Waals surface area contributed by atoms with E-state index >= 15 is 0 Å². The Morgan fingerprint density at radius 2 is 2.35 bits per heavy atom. The van der Waals surface area contributed by atoms with Crippen molar-refractivity contribution in [3.63, 3.8) is 0 Å². The first kappa shape index (κ1) is 15.5. The van der Waals surface area contributed by atoms with Crippen LogP contribution in [0.4, 0.5) is 5.69 Å². The SMILES string of the molecule is Cc1cc(Br)ccc1NC(=O)CN(C)C1CCCNC1. The summed E-state index contributed by atoms with van der Waals surface area (Å²) in [6.07, 6.45) is 2.34. The largest absolute Gasteiger partial charge is 0.325 e. The highest BCUT2D eigenvalue weighted by Crippen LogP contribution is 2.20. The molecule has 4 nitrogen and oxygen atoms in total. The number of hydrogen-bond acceptors (Lipinski definition) is 3. The van der Waals surface area contributed by atoms with Gasteiger partial charge in [-0.25, -0.2) is 0 Å². The number of carbonyl (C=O) groups is 1. The molecule has 1 amide bonds. The van der Waals surface area contributed by atoms with Gasteiger partial charge in [0.25, 0.3) is 0 Å². The van der Waals surface area contributed by atoms with E-state index in [0.29, 0.717) is 12.6 Å². The van der Waals surface area contributed by atoms with Crippen LogP contribution in [0.2, 0.25) is 0 Å². The molecular weight excluding hydrogens is 318 g/mol. The predicted octanol–water partition coefficient (Wildman–Crippen LogP) is 2.38. The van der Waals surface area contributed by atoms with Gasteiger partial charge in [0, 0.05) is 22.7 Å². The average molecular weight is 340 g/mol. The van der Waals surface area contributed by atoms with Crippen molar-refractivity contribution in [1.29, 1.82) is 0 Å². The molecule has 110 valence electrons. The minimum absolute atomic E-state index is 0.0449. The van der Waals surface area contributed by atoms with Crippen molar-refractivity contribution in [3.05, 3.63) is 28.2 Å². The van der Waals surface area contributed by atoms with E-state index in [2.05, 4.69) is 31.5 Å². The third kappa shape index (κ3) is 4.30. The second-order valence-corrected chi connectivity index (χ2v) is 6.34. The molecule has 0 bridgehead atoms. The topological polar surface area (TPSA) is 44.4 Å². The predicted molar refractivity (Wildman–Crippen MR) is 86.0 cm³/mol. The van der Waals surface area contributed by atoms with Crippen molar-refractivity contribution >= 4 is 27.5 Å². The van der Waals surface area contributed by atoms with Crippen LogP contribution in [0, 0.1) is 6.92 Å². The Bertz CT molecular complexity index is 472. The lowest BCUT2D eigenvalue weighted by Crippen LogP contribution is -2.46. The first-order chi connectivity index (χ1) is 9.56. The van der Waals surface area contributed by atoms with Crippen molar-refractivity contribution in [2.24, 2.45) is 0 Å². The van der Waals surface area contributed by atoms with Gasteiger partial charge in [-0.15, -0.1) is 0 Å². The van der Waals surface area contributed by atoms with Crippen LogP contribution in [0.5, 0.6) is 0 Å². The number of hydrogen-bond donors (Lipinski definition) is 2. The highest BCUT2D eigenvalue weighted by atomic mass is 79.9. The number of halogens is 1. The summed E-state index contributed by atoms with van der Waals surface area (Å²) in [5.41, 5.74) is 1.95. The van der Waals surface area contributed by atoms with Gasteiger partial charge in [0.1, 0.15) is 0 Å². The Kier molecular flexibility index (Phi) is 5.57. The molecule has 1 aliphatic rings.